The van der Waals surface area contributed by atoms with E-state index in [-0.39, 0.29) is 11.7 Å². The van der Waals surface area contributed by atoms with Gasteiger partial charge >= 0.3 is 0 Å². The zero-order valence-corrected chi connectivity index (χ0v) is 19.8. The molecule has 3 aromatic rings. The molecule has 1 saturated heterocycles. The summed E-state index contributed by atoms with van der Waals surface area (Å²) >= 11 is 0. The summed E-state index contributed by atoms with van der Waals surface area (Å²) in [5.41, 5.74) is 6.58. The number of benzene rings is 2. The smallest absolute Gasteiger partial charge is 0.254 e. The Morgan fingerprint density at radius 1 is 1.12 bits per heavy atom. The molecule has 0 radical (unpaired) electrons. The van der Waals surface area contributed by atoms with Crippen molar-refractivity contribution in [3.63, 3.8) is 0 Å². The Morgan fingerprint density at radius 3 is 2.48 bits per heavy atom. The zero-order valence-electron chi connectivity index (χ0n) is 19.8. The Morgan fingerprint density at radius 2 is 1.82 bits per heavy atom. The molecule has 0 spiro atoms. The van der Waals surface area contributed by atoms with E-state index in [0.29, 0.717) is 6.54 Å². The van der Waals surface area contributed by atoms with Crippen molar-refractivity contribution in [3.8, 4) is 0 Å². The fourth-order valence-electron chi connectivity index (χ4n) is 4.95. The van der Waals surface area contributed by atoms with Gasteiger partial charge in [-0.15, -0.1) is 0 Å². The average molecular weight is 449 g/mol. The summed E-state index contributed by atoms with van der Waals surface area (Å²) < 4.78 is 15.9. The number of nitrogens with one attached hydrogen (secondary N) is 1. The number of piperazine rings is 1. The van der Waals surface area contributed by atoms with Gasteiger partial charge in [0.05, 0.1) is 11.2 Å². The molecular formula is C27H33FN4O. The predicted molar refractivity (Wildman–Crippen MR) is 131 cm³/mol. The van der Waals surface area contributed by atoms with E-state index in [0.717, 1.165) is 60.8 Å². The van der Waals surface area contributed by atoms with Crippen molar-refractivity contribution in [2.45, 2.75) is 39.8 Å². The summed E-state index contributed by atoms with van der Waals surface area (Å²) in [5, 5.41) is 4.49. The topological polar surface area (TPSA) is 40.5 Å². The molecule has 0 unspecified atom stereocenters. The molecule has 0 atom stereocenters. The lowest BCUT2D eigenvalue weighted by molar-refractivity contribution is 0.0736. The Hall–Kier alpha value is -2.86. The second-order valence-electron chi connectivity index (χ2n) is 9.68. The minimum Gasteiger partial charge on any atom is -0.369 e. The summed E-state index contributed by atoms with van der Waals surface area (Å²) in [7, 11) is 2.07. The highest BCUT2D eigenvalue weighted by Crippen LogP contribution is 2.39. The zero-order chi connectivity index (χ0) is 23.1. The van der Waals surface area contributed by atoms with Gasteiger partial charge in [0.2, 0.25) is 0 Å². The Kier molecular flexibility index (Phi) is 5.87. The van der Waals surface area contributed by atoms with Crippen molar-refractivity contribution < 1.29 is 9.18 Å². The number of fused-ring (bicyclic) bond motifs is 1. The molecule has 174 valence electrons. The molecule has 5 rings (SSSR count). The third-order valence-corrected chi connectivity index (χ3v) is 7.24. The van der Waals surface area contributed by atoms with Crippen molar-refractivity contribution in [1.29, 1.82) is 0 Å². The third-order valence-electron chi connectivity index (χ3n) is 7.24. The number of hydrogen-bond donors (Lipinski definition) is 1. The van der Waals surface area contributed by atoms with Crippen LogP contribution in [0.2, 0.25) is 0 Å². The van der Waals surface area contributed by atoms with Crippen molar-refractivity contribution in [1.82, 2.24) is 14.8 Å². The number of anilines is 1. The number of carbonyl (C=O) groups is 1. The molecular weight excluding hydrogens is 415 g/mol. The second kappa shape index (κ2) is 8.82. The van der Waals surface area contributed by atoms with Gasteiger partial charge < -0.3 is 19.7 Å². The van der Waals surface area contributed by atoms with Gasteiger partial charge in [0, 0.05) is 63.0 Å². The van der Waals surface area contributed by atoms with Crippen LogP contribution in [0, 0.1) is 25.6 Å². The van der Waals surface area contributed by atoms with E-state index in [4.69, 9.17) is 0 Å². The number of amides is 1. The van der Waals surface area contributed by atoms with Crippen LogP contribution in [-0.2, 0) is 13.1 Å². The summed E-state index contributed by atoms with van der Waals surface area (Å²) in [4.78, 5) is 17.6. The molecule has 1 aromatic heterocycles. The fraction of sp³-hybridized carbons (Fsp3) is 0.444. The number of aromatic nitrogens is 1. The maximum absolute atomic E-state index is 13.4. The summed E-state index contributed by atoms with van der Waals surface area (Å²) in [5.74, 6) is 0.620. The van der Waals surface area contributed by atoms with Gasteiger partial charge in [0.15, 0.2) is 0 Å². The van der Waals surface area contributed by atoms with Crippen LogP contribution >= 0.6 is 0 Å². The Bertz CT molecular complexity index is 1170. The maximum atomic E-state index is 13.4. The van der Waals surface area contributed by atoms with Gasteiger partial charge in [0.1, 0.15) is 5.82 Å². The molecule has 5 nitrogen and oxygen atoms in total. The van der Waals surface area contributed by atoms with E-state index in [9.17, 15) is 9.18 Å². The second-order valence-corrected chi connectivity index (χ2v) is 9.68. The minimum absolute atomic E-state index is 0.0989. The summed E-state index contributed by atoms with van der Waals surface area (Å²) in [6, 6.07) is 10.8. The van der Waals surface area contributed by atoms with E-state index >= 15 is 0 Å². The molecule has 1 aliphatic carbocycles. The molecule has 2 aromatic carbocycles. The van der Waals surface area contributed by atoms with Crippen molar-refractivity contribution in [3.05, 3.63) is 64.6 Å². The van der Waals surface area contributed by atoms with Crippen LogP contribution in [0.3, 0.4) is 0 Å². The lowest BCUT2D eigenvalue weighted by Gasteiger charge is -2.28. The largest absolute Gasteiger partial charge is 0.369 e. The van der Waals surface area contributed by atoms with Crippen molar-refractivity contribution in [2.24, 2.45) is 5.92 Å². The first kappa shape index (κ1) is 22.0. The first-order valence-corrected chi connectivity index (χ1v) is 12.0. The predicted octanol–water partition coefficient (Wildman–Crippen LogP) is 4.49. The van der Waals surface area contributed by atoms with Gasteiger partial charge in [-0.1, -0.05) is 12.1 Å². The molecule has 0 bridgehead atoms. The first-order chi connectivity index (χ1) is 15.9. The molecule has 2 aliphatic rings. The molecule has 1 saturated carbocycles. The van der Waals surface area contributed by atoms with Gasteiger partial charge in [-0.2, -0.15) is 0 Å². The molecule has 1 aliphatic heterocycles. The monoisotopic (exact) mass is 448 g/mol. The summed E-state index contributed by atoms with van der Waals surface area (Å²) in [6.07, 6.45) is 2.58. The van der Waals surface area contributed by atoms with Gasteiger partial charge in [0.25, 0.3) is 5.91 Å². The SMILES string of the molecule is Cc1c(C)n(CC2CC2)c2c(N(C)Cc3ccc(F)cc3)cc(C(=O)N3CCNCC3)cc12. The summed E-state index contributed by atoms with van der Waals surface area (Å²) in [6.45, 7) is 9.17. The van der Waals surface area contributed by atoms with E-state index in [2.05, 4.69) is 47.8 Å². The number of halogens is 1. The number of carbonyl (C=O) groups excluding carboxylic acids is 1. The first-order valence-electron chi connectivity index (χ1n) is 12.0. The molecule has 1 amide bonds. The highest BCUT2D eigenvalue weighted by molar-refractivity contribution is 6.04. The van der Waals surface area contributed by atoms with Crippen molar-refractivity contribution in [2.75, 3.05) is 38.1 Å². The van der Waals surface area contributed by atoms with E-state index in [1.165, 1.54) is 41.7 Å². The number of nitrogens with zero attached hydrogens (tertiary/aromatic N) is 3. The standard InChI is InChI=1S/C27H33FN4O/c1-18-19(2)32(17-21-4-5-21)26-24(18)14-22(27(33)31-12-10-29-11-13-31)15-25(26)30(3)16-20-6-8-23(28)9-7-20/h6-9,14-15,21,29H,4-5,10-13,16-17H2,1-3H3. The van der Waals surface area contributed by atoms with Crippen LogP contribution in [0.15, 0.2) is 36.4 Å². The quantitative estimate of drug-likeness (QED) is 0.604. The van der Waals surface area contributed by atoms with E-state index in [1.54, 1.807) is 0 Å². The van der Waals surface area contributed by atoms with Crippen LogP contribution in [0.5, 0.6) is 0 Å². The highest BCUT2D eigenvalue weighted by atomic mass is 19.1. The Labute approximate surface area is 195 Å². The van der Waals surface area contributed by atoms with Gasteiger partial charge in [-0.25, -0.2) is 4.39 Å². The van der Waals surface area contributed by atoms with Crippen LogP contribution in [-0.4, -0.2) is 48.6 Å². The maximum Gasteiger partial charge on any atom is 0.254 e. The number of hydrogen-bond acceptors (Lipinski definition) is 3. The van der Waals surface area contributed by atoms with Crippen LogP contribution in [0.4, 0.5) is 10.1 Å². The average Bonchev–Trinajstić information content (AvgIpc) is 3.63. The minimum atomic E-state index is -0.225. The van der Waals surface area contributed by atoms with Gasteiger partial charge in [-0.3, -0.25) is 4.79 Å². The molecule has 2 heterocycles. The molecule has 6 heteroatoms. The third kappa shape index (κ3) is 4.36. The van der Waals surface area contributed by atoms with Crippen molar-refractivity contribution >= 4 is 22.5 Å². The number of rotatable bonds is 6. The van der Waals surface area contributed by atoms with E-state index in [1.807, 2.05) is 17.0 Å². The van der Waals surface area contributed by atoms with Crippen LogP contribution in [0.25, 0.3) is 10.9 Å². The molecule has 33 heavy (non-hydrogen) atoms. The Balaban J connectivity index is 1.60. The highest BCUT2D eigenvalue weighted by Gasteiger charge is 2.27. The van der Waals surface area contributed by atoms with E-state index < -0.39 is 0 Å². The van der Waals surface area contributed by atoms with Crippen LogP contribution in [0.1, 0.15) is 40.0 Å². The van der Waals surface area contributed by atoms with Crippen LogP contribution < -0.4 is 10.2 Å². The lowest BCUT2D eigenvalue weighted by Crippen LogP contribution is -2.46. The lowest BCUT2D eigenvalue weighted by atomic mass is 10.0. The molecule has 1 N–H and O–H groups in total. The fourth-order valence-corrected chi connectivity index (χ4v) is 4.95. The van der Waals surface area contributed by atoms with Gasteiger partial charge in [-0.05, 0) is 68.0 Å². The normalized spacial score (nSPS) is 16.4. The number of aryl methyl sites for hydroxylation is 1. The molecule has 2 fully saturated rings.